The van der Waals surface area contributed by atoms with Gasteiger partial charge in [-0.25, -0.2) is 8.42 Å². The highest BCUT2D eigenvalue weighted by atomic mass is 32.2. The number of hydrogen-bond acceptors (Lipinski definition) is 4. The molecule has 1 fully saturated rings. The second-order valence-electron chi connectivity index (χ2n) is 8.17. The molecule has 1 saturated heterocycles. The van der Waals surface area contributed by atoms with E-state index in [-0.39, 0.29) is 16.8 Å². The molecule has 1 N–H and O–H groups in total. The zero-order chi connectivity index (χ0) is 20.9. The molecule has 1 amide bonds. The average Bonchev–Trinajstić information content (AvgIpc) is 2.64. The van der Waals surface area contributed by atoms with E-state index in [0.29, 0.717) is 30.7 Å². The second kappa shape index (κ2) is 9.85. The minimum absolute atomic E-state index is 0.0200. The van der Waals surface area contributed by atoms with Gasteiger partial charge in [-0.05, 0) is 71.7 Å². The lowest BCUT2D eigenvalue weighted by atomic mass is 10.1. The van der Waals surface area contributed by atoms with Gasteiger partial charge < -0.3 is 5.32 Å². The lowest BCUT2D eigenvalue weighted by Crippen LogP contribution is -2.42. The van der Waals surface area contributed by atoms with Gasteiger partial charge in [-0.15, -0.1) is 0 Å². The highest BCUT2D eigenvalue weighted by molar-refractivity contribution is 7.89. The van der Waals surface area contributed by atoms with Crippen molar-refractivity contribution < 1.29 is 13.2 Å². The largest absolute Gasteiger partial charge is 0.351 e. The number of carbonyl (C=O) groups is 1. The van der Waals surface area contributed by atoms with Crippen LogP contribution in [-0.4, -0.2) is 61.3 Å². The van der Waals surface area contributed by atoms with Crippen molar-refractivity contribution in [2.24, 2.45) is 0 Å². The number of nitrogens with one attached hydrogen (secondary N) is 1. The summed E-state index contributed by atoms with van der Waals surface area (Å²) < 4.78 is 27.3. The van der Waals surface area contributed by atoms with Crippen LogP contribution in [0.2, 0.25) is 0 Å². The number of hydrogen-bond donors (Lipinski definition) is 1. The van der Waals surface area contributed by atoms with Gasteiger partial charge in [-0.2, -0.15) is 4.31 Å². The smallest absolute Gasteiger partial charge is 0.251 e. The fourth-order valence-corrected chi connectivity index (χ4v) is 5.56. The van der Waals surface area contributed by atoms with Gasteiger partial charge in [0.1, 0.15) is 0 Å². The molecule has 1 aromatic rings. The molecule has 2 rings (SSSR count). The number of sulfonamides is 1. The fraction of sp³-hybridized carbons (Fsp3) is 0.667. The van der Waals surface area contributed by atoms with Crippen LogP contribution in [0, 0.1) is 0 Å². The Balaban J connectivity index is 1.99. The van der Waals surface area contributed by atoms with Crippen molar-refractivity contribution in [3.05, 3.63) is 29.8 Å². The van der Waals surface area contributed by atoms with E-state index in [1.54, 1.807) is 28.6 Å². The van der Waals surface area contributed by atoms with E-state index in [1.165, 1.54) is 0 Å². The zero-order valence-corrected chi connectivity index (χ0v) is 18.6. The molecule has 1 aliphatic rings. The Labute approximate surface area is 170 Å². The highest BCUT2D eigenvalue weighted by Crippen LogP contribution is 2.25. The lowest BCUT2D eigenvalue weighted by Gasteiger charge is -2.32. The number of carbonyl (C=O) groups excluding carboxylic acids is 1. The molecule has 1 atom stereocenters. The van der Waals surface area contributed by atoms with E-state index in [2.05, 4.69) is 37.9 Å². The van der Waals surface area contributed by atoms with Crippen LogP contribution in [0.1, 0.15) is 64.2 Å². The van der Waals surface area contributed by atoms with E-state index in [0.717, 1.165) is 25.8 Å². The second-order valence-corrected chi connectivity index (χ2v) is 10.1. The molecule has 7 heteroatoms. The van der Waals surface area contributed by atoms with E-state index >= 15 is 0 Å². The summed E-state index contributed by atoms with van der Waals surface area (Å²) in [6, 6.07) is 7.13. The molecular formula is C21H35N3O3S. The van der Waals surface area contributed by atoms with Gasteiger partial charge in [0, 0.05) is 43.3 Å². The lowest BCUT2D eigenvalue weighted by molar-refractivity contribution is 0.0939. The molecular weight excluding hydrogens is 374 g/mol. The highest BCUT2D eigenvalue weighted by Gasteiger charge is 2.30. The summed E-state index contributed by atoms with van der Waals surface area (Å²) in [5.41, 5.74) is 0.478. The van der Waals surface area contributed by atoms with Crippen molar-refractivity contribution in [2.45, 2.75) is 76.9 Å². The molecule has 1 aromatic carbocycles. The van der Waals surface area contributed by atoms with Crippen molar-refractivity contribution in [1.29, 1.82) is 0 Å². The van der Waals surface area contributed by atoms with Crippen LogP contribution in [0.4, 0.5) is 0 Å². The van der Waals surface area contributed by atoms with E-state index in [9.17, 15) is 13.2 Å². The van der Waals surface area contributed by atoms with Crippen molar-refractivity contribution in [3.8, 4) is 0 Å². The summed E-state index contributed by atoms with van der Waals surface area (Å²) in [7, 11) is -3.51. The Kier molecular flexibility index (Phi) is 8.04. The van der Waals surface area contributed by atoms with Crippen molar-refractivity contribution in [1.82, 2.24) is 14.5 Å². The first-order valence-electron chi connectivity index (χ1n) is 10.3. The predicted octanol–water partition coefficient (Wildman–Crippen LogP) is 3.10. The van der Waals surface area contributed by atoms with Crippen LogP contribution < -0.4 is 5.32 Å². The third-order valence-electron chi connectivity index (χ3n) is 5.45. The number of amides is 1. The Hall–Kier alpha value is -1.44. The Bertz CT molecular complexity index is 737. The molecule has 0 aliphatic carbocycles. The quantitative estimate of drug-likeness (QED) is 0.716. The molecule has 0 aromatic heterocycles. The SMILES string of the molecule is CC(C)N(CCNC(=O)c1ccc(S(=O)(=O)N2CCCCC2C)cc1)C(C)C. The first-order valence-corrected chi connectivity index (χ1v) is 11.7. The molecule has 158 valence electrons. The summed E-state index contributed by atoms with van der Waals surface area (Å²) >= 11 is 0. The normalized spacial score (nSPS) is 18.8. The zero-order valence-electron chi connectivity index (χ0n) is 17.8. The molecule has 0 spiro atoms. The summed E-state index contributed by atoms with van der Waals surface area (Å²) in [4.78, 5) is 15.0. The Morgan fingerprint density at radius 1 is 1.14 bits per heavy atom. The van der Waals surface area contributed by atoms with Gasteiger partial charge in [0.25, 0.3) is 5.91 Å². The fourth-order valence-electron chi connectivity index (χ4n) is 3.86. The predicted molar refractivity (Wildman–Crippen MR) is 113 cm³/mol. The molecule has 1 aliphatic heterocycles. The summed E-state index contributed by atoms with van der Waals surface area (Å²) in [6.07, 6.45) is 2.86. The van der Waals surface area contributed by atoms with Crippen molar-refractivity contribution in [2.75, 3.05) is 19.6 Å². The van der Waals surface area contributed by atoms with Crippen LogP contribution in [0.25, 0.3) is 0 Å². The summed E-state index contributed by atoms with van der Waals surface area (Å²) in [6.45, 7) is 12.4. The molecule has 0 radical (unpaired) electrons. The average molecular weight is 410 g/mol. The minimum Gasteiger partial charge on any atom is -0.351 e. The topological polar surface area (TPSA) is 69.7 Å². The van der Waals surface area contributed by atoms with E-state index in [1.807, 2.05) is 6.92 Å². The first kappa shape index (κ1) is 22.8. The van der Waals surface area contributed by atoms with Crippen LogP contribution in [0.15, 0.2) is 29.2 Å². The summed E-state index contributed by atoms with van der Waals surface area (Å²) in [5, 5.41) is 2.93. The van der Waals surface area contributed by atoms with Gasteiger partial charge in [-0.1, -0.05) is 6.42 Å². The van der Waals surface area contributed by atoms with Crippen LogP contribution >= 0.6 is 0 Å². The van der Waals surface area contributed by atoms with Crippen LogP contribution in [0.3, 0.4) is 0 Å². The van der Waals surface area contributed by atoms with Gasteiger partial charge in [0.2, 0.25) is 10.0 Å². The summed E-state index contributed by atoms with van der Waals surface area (Å²) in [5.74, 6) is -0.178. The van der Waals surface area contributed by atoms with Crippen LogP contribution in [0.5, 0.6) is 0 Å². The van der Waals surface area contributed by atoms with Crippen molar-refractivity contribution in [3.63, 3.8) is 0 Å². The Morgan fingerprint density at radius 2 is 1.75 bits per heavy atom. The van der Waals surface area contributed by atoms with Crippen LogP contribution in [-0.2, 0) is 10.0 Å². The first-order chi connectivity index (χ1) is 13.1. The van der Waals surface area contributed by atoms with E-state index in [4.69, 9.17) is 0 Å². The van der Waals surface area contributed by atoms with Gasteiger partial charge in [-0.3, -0.25) is 9.69 Å². The standard InChI is InChI=1S/C21H35N3O3S/c1-16(2)23(17(3)4)15-13-22-21(25)19-9-11-20(12-10-19)28(26,27)24-14-7-6-8-18(24)5/h9-12,16-18H,6-8,13-15H2,1-5H3,(H,22,25). The molecule has 1 unspecified atom stereocenters. The number of nitrogens with zero attached hydrogens (tertiary/aromatic N) is 2. The monoisotopic (exact) mass is 409 g/mol. The molecule has 28 heavy (non-hydrogen) atoms. The van der Waals surface area contributed by atoms with Gasteiger partial charge >= 0.3 is 0 Å². The maximum absolute atomic E-state index is 12.9. The van der Waals surface area contributed by atoms with Gasteiger partial charge in [0.05, 0.1) is 4.90 Å². The number of benzene rings is 1. The molecule has 0 bridgehead atoms. The third kappa shape index (κ3) is 5.55. The third-order valence-corrected chi connectivity index (χ3v) is 7.48. The number of rotatable bonds is 8. The number of piperidine rings is 1. The molecule has 6 nitrogen and oxygen atoms in total. The minimum atomic E-state index is -3.51. The molecule has 0 saturated carbocycles. The van der Waals surface area contributed by atoms with Gasteiger partial charge in [0.15, 0.2) is 0 Å². The maximum atomic E-state index is 12.9. The van der Waals surface area contributed by atoms with Crippen molar-refractivity contribution >= 4 is 15.9 Å². The van der Waals surface area contributed by atoms with E-state index < -0.39 is 10.0 Å². The maximum Gasteiger partial charge on any atom is 0.251 e. The molecule has 1 heterocycles. The Morgan fingerprint density at radius 3 is 2.29 bits per heavy atom.